The van der Waals surface area contributed by atoms with Gasteiger partial charge in [-0.25, -0.2) is 8.42 Å². The van der Waals surface area contributed by atoms with E-state index in [1.165, 1.54) is 19.2 Å². The van der Waals surface area contributed by atoms with Gasteiger partial charge in [0.25, 0.3) is 0 Å². The van der Waals surface area contributed by atoms with Crippen LogP contribution in [-0.4, -0.2) is 27.2 Å². The van der Waals surface area contributed by atoms with Crippen LogP contribution in [0.3, 0.4) is 0 Å². The average Bonchev–Trinajstić information content (AvgIpc) is 2.26. The Hall–Kier alpha value is -1.07. The van der Waals surface area contributed by atoms with Gasteiger partial charge in [0.1, 0.15) is 0 Å². The summed E-state index contributed by atoms with van der Waals surface area (Å²) in [5.74, 6) is -0.828. The molecule has 0 saturated carbocycles. The van der Waals surface area contributed by atoms with Crippen molar-refractivity contribution in [1.29, 1.82) is 0 Å². The van der Waals surface area contributed by atoms with Crippen molar-refractivity contribution in [3.05, 3.63) is 29.3 Å². The number of methoxy groups -OCH3 is 1. The third-order valence-electron chi connectivity index (χ3n) is 1.96. The number of carbonyl (C=O) groups is 1. The molecule has 0 aliphatic carbocycles. The van der Waals surface area contributed by atoms with Crippen molar-refractivity contribution in [2.75, 3.05) is 12.9 Å². The summed E-state index contributed by atoms with van der Waals surface area (Å²) in [7, 11) is -2.26. The van der Waals surface area contributed by atoms with Gasteiger partial charge in [-0.05, 0) is 18.2 Å². The van der Waals surface area contributed by atoms with Crippen molar-refractivity contribution in [1.82, 2.24) is 0 Å². The maximum atomic E-state index is 11.7. The fraction of sp³-hybridized carbons (Fsp3) is 0.300. The van der Waals surface area contributed by atoms with Gasteiger partial charge in [0.05, 0.1) is 24.2 Å². The first-order chi connectivity index (χ1) is 7.45. The molecule has 1 rings (SSSR count). The fourth-order valence-electron chi connectivity index (χ4n) is 1.10. The average molecular weight is 263 g/mol. The van der Waals surface area contributed by atoms with Crippen molar-refractivity contribution in [3.63, 3.8) is 0 Å². The summed E-state index contributed by atoms with van der Waals surface area (Å²) in [5.41, 5.74) is 0. The number of hydrogen-bond donors (Lipinski definition) is 0. The lowest BCUT2D eigenvalue weighted by molar-refractivity contribution is -0.140. The second-order valence-electron chi connectivity index (χ2n) is 3.10. The predicted molar refractivity (Wildman–Crippen MR) is 60.1 cm³/mol. The summed E-state index contributed by atoms with van der Waals surface area (Å²) in [6.07, 6.45) is -0.161. The quantitative estimate of drug-likeness (QED) is 0.775. The van der Waals surface area contributed by atoms with E-state index in [9.17, 15) is 13.2 Å². The van der Waals surface area contributed by atoms with Gasteiger partial charge in [-0.3, -0.25) is 4.79 Å². The van der Waals surface area contributed by atoms with E-state index in [0.717, 1.165) is 0 Å². The molecule has 0 saturated heterocycles. The van der Waals surface area contributed by atoms with E-state index in [1.807, 2.05) is 0 Å². The molecular weight excluding hydrogens is 252 g/mol. The van der Waals surface area contributed by atoms with Gasteiger partial charge in [-0.15, -0.1) is 0 Å². The molecule has 6 heteroatoms. The lowest BCUT2D eigenvalue weighted by Gasteiger charge is -2.03. The standard InChI is InChI=1S/C10H11ClO4S/c1-15-10(12)5-6-16(13,14)9-4-2-3-8(11)7-9/h2-4,7H,5-6H2,1H3. The summed E-state index contributed by atoms with van der Waals surface area (Å²) in [5, 5.41) is 0.346. The van der Waals surface area contributed by atoms with Gasteiger partial charge in [-0.1, -0.05) is 17.7 Å². The van der Waals surface area contributed by atoms with Crippen LogP contribution >= 0.6 is 11.6 Å². The predicted octanol–water partition coefficient (Wildman–Crippen LogP) is 1.68. The molecule has 0 N–H and O–H groups in total. The Labute approximate surface area is 99.1 Å². The molecule has 0 aromatic heterocycles. The largest absolute Gasteiger partial charge is 0.469 e. The van der Waals surface area contributed by atoms with Crippen molar-refractivity contribution >= 4 is 27.4 Å². The summed E-state index contributed by atoms with van der Waals surface area (Å²) >= 11 is 5.68. The van der Waals surface area contributed by atoms with Gasteiger partial charge in [0, 0.05) is 5.02 Å². The summed E-state index contributed by atoms with van der Waals surface area (Å²) in [6, 6.07) is 5.93. The molecule has 1 aromatic carbocycles. The highest BCUT2D eigenvalue weighted by atomic mass is 35.5. The molecule has 0 bridgehead atoms. The van der Waals surface area contributed by atoms with Gasteiger partial charge in [-0.2, -0.15) is 0 Å². The molecule has 1 aromatic rings. The number of sulfone groups is 1. The maximum absolute atomic E-state index is 11.7. The number of hydrogen-bond acceptors (Lipinski definition) is 4. The molecular formula is C10H11ClO4S. The van der Waals surface area contributed by atoms with E-state index in [-0.39, 0.29) is 17.1 Å². The van der Waals surface area contributed by atoms with Crippen LogP contribution < -0.4 is 0 Å². The molecule has 0 heterocycles. The first-order valence-electron chi connectivity index (χ1n) is 4.51. The summed E-state index contributed by atoms with van der Waals surface area (Å²) in [4.78, 5) is 11.0. The molecule has 0 spiro atoms. The highest BCUT2D eigenvalue weighted by Gasteiger charge is 2.16. The second-order valence-corrected chi connectivity index (χ2v) is 5.65. The van der Waals surface area contributed by atoms with Gasteiger partial charge < -0.3 is 4.74 Å². The topological polar surface area (TPSA) is 60.4 Å². The van der Waals surface area contributed by atoms with E-state index >= 15 is 0 Å². The molecule has 0 unspecified atom stereocenters. The van der Waals surface area contributed by atoms with E-state index in [4.69, 9.17) is 11.6 Å². The minimum Gasteiger partial charge on any atom is -0.469 e. The van der Waals surface area contributed by atoms with E-state index in [2.05, 4.69) is 4.74 Å². The Morgan fingerprint density at radius 1 is 1.44 bits per heavy atom. The van der Waals surface area contributed by atoms with Crippen LogP contribution in [0.15, 0.2) is 29.2 Å². The molecule has 0 amide bonds. The molecule has 4 nitrogen and oxygen atoms in total. The van der Waals surface area contributed by atoms with Crippen LogP contribution in [-0.2, 0) is 19.4 Å². The van der Waals surface area contributed by atoms with Gasteiger partial charge in [0.2, 0.25) is 0 Å². The molecule has 0 radical (unpaired) electrons. The van der Waals surface area contributed by atoms with Crippen molar-refractivity contribution in [2.24, 2.45) is 0 Å². The van der Waals surface area contributed by atoms with E-state index < -0.39 is 15.8 Å². The third kappa shape index (κ3) is 3.50. The van der Waals surface area contributed by atoms with Crippen LogP contribution in [0, 0.1) is 0 Å². The molecule has 0 aliphatic heterocycles. The van der Waals surface area contributed by atoms with Crippen LogP contribution in [0.25, 0.3) is 0 Å². The molecule has 16 heavy (non-hydrogen) atoms. The highest BCUT2D eigenvalue weighted by Crippen LogP contribution is 2.17. The Morgan fingerprint density at radius 3 is 2.69 bits per heavy atom. The first kappa shape index (κ1) is 13.0. The fourth-order valence-corrected chi connectivity index (χ4v) is 2.62. The van der Waals surface area contributed by atoms with Crippen LogP contribution in [0.5, 0.6) is 0 Å². The minimum atomic E-state index is -3.47. The molecule has 0 aliphatic rings. The zero-order chi connectivity index (χ0) is 12.2. The summed E-state index contributed by atoms with van der Waals surface area (Å²) < 4.78 is 27.9. The van der Waals surface area contributed by atoms with E-state index in [0.29, 0.717) is 5.02 Å². The Kier molecular flexibility index (Phi) is 4.32. The first-order valence-corrected chi connectivity index (χ1v) is 6.54. The lowest BCUT2D eigenvalue weighted by atomic mass is 10.4. The summed E-state index contributed by atoms with van der Waals surface area (Å²) in [6.45, 7) is 0. The number of carbonyl (C=O) groups excluding carboxylic acids is 1. The highest BCUT2D eigenvalue weighted by molar-refractivity contribution is 7.91. The van der Waals surface area contributed by atoms with Crippen molar-refractivity contribution < 1.29 is 17.9 Å². The van der Waals surface area contributed by atoms with Gasteiger partial charge >= 0.3 is 5.97 Å². The van der Waals surface area contributed by atoms with Crippen molar-refractivity contribution in [3.8, 4) is 0 Å². The number of benzene rings is 1. The number of esters is 1. The number of halogens is 1. The smallest absolute Gasteiger partial charge is 0.306 e. The molecule has 0 atom stereocenters. The van der Waals surface area contributed by atoms with Crippen LogP contribution in [0.2, 0.25) is 5.02 Å². The van der Waals surface area contributed by atoms with Crippen LogP contribution in [0.4, 0.5) is 0 Å². The Morgan fingerprint density at radius 2 is 2.12 bits per heavy atom. The zero-order valence-corrected chi connectivity index (χ0v) is 10.2. The monoisotopic (exact) mass is 262 g/mol. The normalized spacial score (nSPS) is 11.1. The zero-order valence-electron chi connectivity index (χ0n) is 8.64. The van der Waals surface area contributed by atoms with E-state index in [1.54, 1.807) is 12.1 Å². The van der Waals surface area contributed by atoms with Gasteiger partial charge in [0.15, 0.2) is 9.84 Å². The number of rotatable bonds is 4. The lowest BCUT2D eigenvalue weighted by Crippen LogP contribution is -2.12. The van der Waals surface area contributed by atoms with Crippen LogP contribution in [0.1, 0.15) is 6.42 Å². The number of ether oxygens (including phenoxy) is 1. The second kappa shape index (κ2) is 5.32. The molecule has 88 valence electrons. The van der Waals surface area contributed by atoms with Crippen molar-refractivity contribution in [2.45, 2.75) is 11.3 Å². The maximum Gasteiger partial charge on any atom is 0.306 e. The SMILES string of the molecule is COC(=O)CCS(=O)(=O)c1cccc(Cl)c1. The Balaban J connectivity index is 2.82. The Bertz CT molecular complexity index is 481. The molecule has 0 fully saturated rings. The third-order valence-corrected chi connectivity index (χ3v) is 3.91. The minimum absolute atomic E-state index is 0.115.